The Morgan fingerprint density at radius 2 is 1.57 bits per heavy atom. The van der Waals surface area contributed by atoms with Crippen molar-refractivity contribution in [2.24, 2.45) is 11.8 Å². The first kappa shape index (κ1) is 25.9. The highest BCUT2D eigenvalue weighted by Crippen LogP contribution is 2.57. The zero-order chi connectivity index (χ0) is 25.2. The molecule has 0 aromatic heterocycles. The van der Waals surface area contributed by atoms with Crippen LogP contribution in [0, 0.1) is 11.8 Å². The molecule has 2 fully saturated rings. The van der Waals surface area contributed by atoms with Gasteiger partial charge < -0.3 is 24.5 Å². The van der Waals surface area contributed by atoms with Crippen molar-refractivity contribution in [3.05, 3.63) is 24.3 Å². The van der Waals surface area contributed by atoms with E-state index in [1.54, 1.807) is 4.90 Å². The highest BCUT2D eigenvalue weighted by atomic mass is 16.5. The van der Waals surface area contributed by atoms with Gasteiger partial charge in [-0.1, -0.05) is 44.6 Å². The van der Waals surface area contributed by atoms with Crippen molar-refractivity contribution in [1.82, 2.24) is 14.7 Å². The van der Waals surface area contributed by atoms with Gasteiger partial charge in [0.1, 0.15) is 11.6 Å². The van der Waals surface area contributed by atoms with Crippen molar-refractivity contribution < 1.29 is 24.2 Å². The number of amides is 3. The number of likely N-dealkylation sites (tertiary alicyclic amines) is 1. The molecule has 2 saturated heterocycles. The molecule has 8 heteroatoms. The molecule has 1 unspecified atom stereocenters. The van der Waals surface area contributed by atoms with E-state index < -0.39 is 29.1 Å². The molecule has 0 radical (unpaired) electrons. The van der Waals surface area contributed by atoms with Gasteiger partial charge in [-0.2, -0.15) is 0 Å². The first-order valence-electron chi connectivity index (χ1n) is 13.4. The number of rotatable bonds is 10. The van der Waals surface area contributed by atoms with Crippen LogP contribution in [0.15, 0.2) is 24.3 Å². The third kappa shape index (κ3) is 4.33. The molecule has 0 aliphatic carbocycles. The van der Waals surface area contributed by atoms with Crippen LogP contribution in [0.25, 0.3) is 0 Å². The highest BCUT2D eigenvalue weighted by Gasteiger charge is 2.74. The van der Waals surface area contributed by atoms with Gasteiger partial charge in [0.05, 0.1) is 17.4 Å². The van der Waals surface area contributed by atoms with Gasteiger partial charge >= 0.3 is 0 Å². The van der Waals surface area contributed by atoms with Crippen molar-refractivity contribution in [2.75, 3.05) is 39.3 Å². The van der Waals surface area contributed by atoms with Gasteiger partial charge in [-0.05, 0) is 39.0 Å². The van der Waals surface area contributed by atoms with Crippen LogP contribution in [0.4, 0.5) is 0 Å². The topological polar surface area (TPSA) is 90.4 Å². The molecule has 194 valence electrons. The van der Waals surface area contributed by atoms with Crippen molar-refractivity contribution in [1.29, 1.82) is 0 Å². The van der Waals surface area contributed by atoms with Crippen LogP contribution < -0.4 is 0 Å². The number of hydrogen-bond donors (Lipinski definition) is 1. The summed E-state index contributed by atoms with van der Waals surface area (Å²) in [7, 11) is 0. The van der Waals surface area contributed by atoms with Crippen LogP contribution in [0.3, 0.4) is 0 Å². The number of nitrogens with zero attached hydrogens (tertiary/aromatic N) is 3. The van der Waals surface area contributed by atoms with E-state index in [1.807, 2.05) is 48.0 Å². The summed E-state index contributed by atoms with van der Waals surface area (Å²) >= 11 is 0. The van der Waals surface area contributed by atoms with E-state index in [2.05, 4.69) is 6.92 Å². The molecule has 4 aliphatic heterocycles. The molecule has 3 amide bonds. The van der Waals surface area contributed by atoms with Gasteiger partial charge in [0.15, 0.2) is 0 Å². The lowest BCUT2D eigenvalue weighted by Crippen LogP contribution is -2.56. The van der Waals surface area contributed by atoms with Crippen molar-refractivity contribution in [3.8, 4) is 0 Å². The minimum absolute atomic E-state index is 0.0663. The molecule has 1 N–H and O–H groups in total. The lowest BCUT2D eigenvalue weighted by Gasteiger charge is -2.37. The van der Waals surface area contributed by atoms with E-state index >= 15 is 0 Å². The summed E-state index contributed by atoms with van der Waals surface area (Å²) in [5.41, 5.74) is -2.12. The van der Waals surface area contributed by atoms with Gasteiger partial charge in [0.25, 0.3) is 0 Å². The second-order valence-electron chi connectivity index (χ2n) is 10.5. The number of aliphatic hydroxyl groups excluding tert-OH is 1. The zero-order valence-corrected chi connectivity index (χ0v) is 21.4. The third-order valence-electron chi connectivity index (χ3n) is 8.06. The van der Waals surface area contributed by atoms with E-state index in [0.717, 1.165) is 25.7 Å². The largest absolute Gasteiger partial charge is 0.396 e. The van der Waals surface area contributed by atoms with Crippen LogP contribution in [-0.4, -0.2) is 94.1 Å². The Morgan fingerprint density at radius 3 is 2.26 bits per heavy atom. The normalized spacial score (nSPS) is 34.2. The van der Waals surface area contributed by atoms with Crippen LogP contribution >= 0.6 is 0 Å². The summed E-state index contributed by atoms with van der Waals surface area (Å²) in [4.78, 5) is 47.3. The Balaban J connectivity index is 1.76. The average molecular weight is 488 g/mol. The van der Waals surface area contributed by atoms with Gasteiger partial charge in [-0.3, -0.25) is 14.4 Å². The Kier molecular flexibility index (Phi) is 7.71. The predicted octanol–water partition coefficient (Wildman–Crippen LogP) is 2.13. The SMILES string of the molecule is CCCCN1CC=C[C@]23O[C@]4(C)C=CCN(CCC)C(=O)[C@@H]4[C@H]2C(=O)N(CCCCCO)C3C1=O. The van der Waals surface area contributed by atoms with E-state index in [0.29, 0.717) is 45.6 Å². The van der Waals surface area contributed by atoms with Crippen LogP contribution in [0.2, 0.25) is 0 Å². The highest BCUT2D eigenvalue weighted by molar-refractivity contribution is 6.00. The Bertz CT molecular complexity index is 888. The second-order valence-corrected chi connectivity index (χ2v) is 10.5. The monoisotopic (exact) mass is 487 g/mol. The minimum Gasteiger partial charge on any atom is -0.396 e. The number of ether oxygens (including phenoxy) is 1. The molecule has 35 heavy (non-hydrogen) atoms. The molecule has 0 aromatic rings. The molecule has 4 heterocycles. The zero-order valence-electron chi connectivity index (χ0n) is 21.4. The van der Waals surface area contributed by atoms with Crippen molar-refractivity contribution >= 4 is 17.7 Å². The summed E-state index contributed by atoms with van der Waals surface area (Å²) in [5.74, 6) is -1.74. The number of carbonyl (C=O) groups excluding carboxylic acids is 3. The Hall–Kier alpha value is -2.19. The van der Waals surface area contributed by atoms with Crippen LogP contribution in [0.1, 0.15) is 59.3 Å². The summed E-state index contributed by atoms with van der Waals surface area (Å²) in [5, 5.41) is 9.19. The average Bonchev–Trinajstić information content (AvgIpc) is 3.10. The van der Waals surface area contributed by atoms with Gasteiger partial charge in [0, 0.05) is 39.3 Å². The maximum absolute atomic E-state index is 14.1. The lowest BCUT2D eigenvalue weighted by molar-refractivity contribution is -0.152. The Labute approximate surface area is 208 Å². The summed E-state index contributed by atoms with van der Waals surface area (Å²) < 4.78 is 6.81. The third-order valence-corrected chi connectivity index (χ3v) is 8.06. The predicted molar refractivity (Wildman–Crippen MR) is 132 cm³/mol. The molecule has 4 rings (SSSR count). The van der Waals surface area contributed by atoms with Gasteiger partial charge in [-0.15, -0.1) is 0 Å². The van der Waals surface area contributed by atoms with Crippen LogP contribution in [0.5, 0.6) is 0 Å². The fourth-order valence-corrected chi connectivity index (χ4v) is 6.45. The summed E-state index contributed by atoms with van der Waals surface area (Å²) in [6.07, 6.45) is 12.6. The quantitative estimate of drug-likeness (QED) is 0.377. The summed E-state index contributed by atoms with van der Waals surface area (Å²) in [6.45, 7) is 8.78. The smallest absolute Gasteiger partial charge is 0.249 e. The minimum atomic E-state index is -1.17. The number of hydrogen-bond acceptors (Lipinski definition) is 5. The number of aliphatic hydroxyl groups is 1. The van der Waals surface area contributed by atoms with Gasteiger partial charge in [0.2, 0.25) is 17.7 Å². The molecule has 1 spiro atoms. The first-order valence-corrected chi connectivity index (χ1v) is 13.4. The number of unbranched alkanes of at least 4 members (excludes halogenated alkanes) is 3. The van der Waals surface area contributed by atoms with E-state index in [1.165, 1.54) is 0 Å². The fraction of sp³-hybridized carbons (Fsp3) is 0.741. The van der Waals surface area contributed by atoms with Crippen LogP contribution in [-0.2, 0) is 19.1 Å². The fourth-order valence-electron chi connectivity index (χ4n) is 6.45. The maximum Gasteiger partial charge on any atom is 0.249 e. The first-order chi connectivity index (χ1) is 16.8. The molecular weight excluding hydrogens is 446 g/mol. The van der Waals surface area contributed by atoms with E-state index in [-0.39, 0.29) is 24.3 Å². The Morgan fingerprint density at radius 1 is 0.857 bits per heavy atom. The molecule has 8 nitrogen and oxygen atoms in total. The molecule has 0 saturated carbocycles. The second kappa shape index (κ2) is 10.4. The molecule has 4 aliphatic rings. The van der Waals surface area contributed by atoms with E-state index in [9.17, 15) is 19.5 Å². The maximum atomic E-state index is 14.1. The van der Waals surface area contributed by atoms with Crippen molar-refractivity contribution in [3.63, 3.8) is 0 Å². The molecular formula is C27H41N3O5. The number of fused-ring (bicyclic) bond motifs is 2. The molecule has 0 bridgehead atoms. The number of carbonyl (C=O) groups is 3. The standard InChI is InChI=1S/C27H41N3O5/c1-4-6-15-29-17-11-13-27-21(24(33)30(22(27)25(29)34)18-8-7-9-19-31)20-23(32)28(14-5-2)16-10-12-26(20,3)35-27/h10-13,20-22,31H,4-9,14-19H2,1-3H3/t20-,21-,22?,26+,27-/m0/s1. The van der Waals surface area contributed by atoms with Gasteiger partial charge in [-0.25, -0.2) is 0 Å². The lowest BCUT2D eigenvalue weighted by atomic mass is 9.74. The molecule has 0 aromatic carbocycles. The summed E-state index contributed by atoms with van der Waals surface area (Å²) in [6, 6.07) is -0.783. The molecule has 5 atom stereocenters. The van der Waals surface area contributed by atoms with E-state index in [4.69, 9.17) is 4.74 Å². The van der Waals surface area contributed by atoms with Crippen molar-refractivity contribution in [2.45, 2.75) is 76.5 Å².